The van der Waals surface area contributed by atoms with Crippen LogP contribution < -0.4 is 0 Å². The van der Waals surface area contributed by atoms with Gasteiger partial charge >= 0.3 is 0 Å². The second-order valence-corrected chi connectivity index (χ2v) is 4.87. The summed E-state index contributed by atoms with van der Waals surface area (Å²) in [6.45, 7) is 1.42. The first-order valence-electron chi connectivity index (χ1n) is 5.71. The lowest BCUT2D eigenvalue weighted by Gasteiger charge is -2.53. The van der Waals surface area contributed by atoms with Crippen molar-refractivity contribution >= 4 is 0 Å². The Bertz CT molecular complexity index is 150. The summed E-state index contributed by atoms with van der Waals surface area (Å²) >= 11 is 0. The van der Waals surface area contributed by atoms with E-state index in [4.69, 9.17) is 0 Å². The number of piperidine rings is 3. The van der Waals surface area contributed by atoms with Gasteiger partial charge in [0.1, 0.15) is 0 Å². The number of hydrogen-bond donors (Lipinski definition) is 0. The Kier molecular flexibility index (Phi) is 1.68. The van der Waals surface area contributed by atoms with E-state index in [9.17, 15) is 0 Å². The molecule has 2 bridgehead atoms. The van der Waals surface area contributed by atoms with Crippen molar-refractivity contribution in [1.82, 2.24) is 4.90 Å². The Morgan fingerprint density at radius 1 is 0.833 bits per heavy atom. The molecule has 1 saturated carbocycles. The zero-order valence-electron chi connectivity index (χ0n) is 7.84. The number of nitrogens with zero attached hydrogens (tertiary/aromatic N) is 1. The van der Waals surface area contributed by atoms with Crippen LogP contribution in [0.4, 0.5) is 0 Å². The van der Waals surface area contributed by atoms with Crippen LogP contribution in [-0.2, 0) is 0 Å². The van der Waals surface area contributed by atoms with Crippen LogP contribution in [0.5, 0.6) is 0 Å². The molecule has 4 rings (SSSR count). The van der Waals surface area contributed by atoms with E-state index < -0.39 is 0 Å². The quantitative estimate of drug-likeness (QED) is 0.533. The molecular weight excluding hydrogens is 146 g/mol. The third-order valence-corrected chi connectivity index (χ3v) is 4.35. The van der Waals surface area contributed by atoms with Crippen molar-refractivity contribution in [2.45, 2.75) is 57.0 Å². The fraction of sp³-hybridized carbons (Fsp3) is 1.00. The van der Waals surface area contributed by atoms with Crippen molar-refractivity contribution in [2.24, 2.45) is 5.92 Å². The molecule has 0 spiro atoms. The normalized spacial score (nSPS) is 47.5. The van der Waals surface area contributed by atoms with Crippen LogP contribution in [0.25, 0.3) is 0 Å². The molecule has 0 aromatic heterocycles. The third-order valence-electron chi connectivity index (χ3n) is 4.35. The lowest BCUT2D eigenvalue weighted by atomic mass is 9.72. The average Bonchev–Trinajstić information content (AvgIpc) is 2.20. The number of hydrogen-bond acceptors (Lipinski definition) is 1. The molecule has 1 atom stereocenters. The highest BCUT2D eigenvalue weighted by atomic mass is 15.2. The van der Waals surface area contributed by atoms with Crippen LogP contribution in [0.3, 0.4) is 0 Å². The first kappa shape index (κ1) is 7.37. The molecule has 3 aliphatic heterocycles. The van der Waals surface area contributed by atoms with Gasteiger partial charge in [0.2, 0.25) is 0 Å². The molecule has 68 valence electrons. The highest BCUT2D eigenvalue weighted by Crippen LogP contribution is 2.42. The molecule has 4 fully saturated rings. The molecule has 1 heteroatoms. The topological polar surface area (TPSA) is 3.24 Å². The average molecular weight is 165 g/mol. The Morgan fingerprint density at radius 2 is 1.67 bits per heavy atom. The van der Waals surface area contributed by atoms with Crippen LogP contribution in [0.2, 0.25) is 0 Å². The van der Waals surface area contributed by atoms with Crippen LogP contribution in [0.1, 0.15) is 44.9 Å². The maximum atomic E-state index is 2.85. The van der Waals surface area contributed by atoms with Gasteiger partial charge in [0, 0.05) is 12.1 Å². The predicted octanol–water partition coefficient (Wildman–Crippen LogP) is 2.41. The van der Waals surface area contributed by atoms with Gasteiger partial charge in [0.05, 0.1) is 0 Å². The molecule has 0 radical (unpaired) electrons. The second kappa shape index (κ2) is 2.73. The molecule has 3 heterocycles. The first-order chi connectivity index (χ1) is 5.95. The summed E-state index contributed by atoms with van der Waals surface area (Å²) in [5, 5.41) is 0. The molecule has 0 amide bonds. The zero-order chi connectivity index (χ0) is 7.97. The van der Waals surface area contributed by atoms with Crippen LogP contribution in [0, 0.1) is 5.92 Å². The van der Waals surface area contributed by atoms with E-state index in [-0.39, 0.29) is 0 Å². The van der Waals surface area contributed by atoms with Gasteiger partial charge in [-0.2, -0.15) is 0 Å². The van der Waals surface area contributed by atoms with Gasteiger partial charge in [0.15, 0.2) is 0 Å². The highest BCUT2D eigenvalue weighted by molar-refractivity contribution is 4.96. The van der Waals surface area contributed by atoms with E-state index in [1.807, 2.05) is 0 Å². The molecule has 0 aromatic carbocycles. The highest BCUT2D eigenvalue weighted by Gasteiger charge is 2.41. The standard InChI is InChI=1S/C11H19N/c1-2-8-12-10-6-4-9(5-7-10)11(12)3-1/h9-11H,1-8H2. The maximum Gasteiger partial charge on any atom is 0.0126 e. The van der Waals surface area contributed by atoms with Crippen molar-refractivity contribution in [1.29, 1.82) is 0 Å². The maximum absolute atomic E-state index is 2.85. The lowest BCUT2D eigenvalue weighted by Crippen LogP contribution is -2.56. The van der Waals surface area contributed by atoms with E-state index >= 15 is 0 Å². The lowest BCUT2D eigenvalue weighted by molar-refractivity contribution is -0.0333. The van der Waals surface area contributed by atoms with E-state index in [0.717, 1.165) is 18.0 Å². The van der Waals surface area contributed by atoms with E-state index in [0.29, 0.717) is 0 Å². The van der Waals surface area contributed by atoms with Crippen LogP contribution in [0.15, 0.2) is 0 Å². The number of fused-ring (bicyclic) bond motifs is 2. The van der Waals surface area contributed by atoms with Gasteiger partial charge < -0.3 is 0 Å². The van der Waals surface area contributed by atoms with Crippen LogP contribution >= 0.6 is 0 Å². The van der Waals surface area contributed by atoms with Gasteiger partial charge in [-0.1, -0.05) is 6.42 Å². The summed E-state index contributed by atoms with van der Waals surface area (Å²) in [6, 6.07) is 2.02. The Morgan fingerprint density at radius 3 is 2.42 bits per heavy atom. The third kappa shape index (κ3) is 0.953. The van der Waals surface area contributed by atoms with Gasteiger partial charge in [-0.3, -0.25) is 4.90 Å². The Hall–Kier alpha value is -0.0400. The minimum absolute atomic E-state index is 1.00. The predicted molar refractivity (Wildman–Crippen MR) is 50.1 cm³/mol. The molecule has 0 N–H and O–H groups in total. The molecule has 1 nitrogen and oxygen atoms in total. The summed E-state index contributed by atoms with van der Waals surface area (Å²) in [7, 11) is 0. The van der Waals surface area contributed by atoms with E-state index in [1.165, 1.54) is 38.6 Å². The Labute approximate surface area is 75.1 Å². The fourth-order valence-corrected chi connectivity index (χ4v) is 3.76. The molecule has 1 aliphatic carbocycles. The Balaban J connectivity index is 1.83. The molecule has 12 heavy (non-hydrogen) atoms. The molecular formula is C11H19N. The van der Waals surface area contributed by atoms with Gasteiger partial charge in [-0.25, -0.2) is 0 Å². The smallest absolute Gasteiger partial charge is 0.0126 e. The largest absolute Gasteiger partial charge is 0.297 e. The molecule has 1 unspecified atom stereocenters. The minimum Gasteiger partial charge on any atom is -0.297 e. The van der Waals surface area contributed by atoms with Crippen LogP contribution in [-0.4, -0.2) is 23.5 Å². The summed E-state index contributed by atoms with van der Waals surface area (Å²) < 4.78 is 0. The molecule has 3 saturated heterocycles. The summed E-state index contributed by atoms with van der Waals surface area (Å²) in [5.41, 5.74) is 0. The van der Waals surface area contributed by atoms with Gasteiger partial charge in [0.25, 0.3) is 0 Å². The zero-order valence-corrected chi connectivity index (χ0v) is 7.84. The molecule has 4 aliphatic rings. The second-order valence-electron chi connectivity index (χ2n) is 4.87. The minimum atomic E-state index is 1.00. The van der Waals surface area contributed by atoms with Crippen molar-refractivity contribution in [3.05, 3.63) is 0 Å². The SMILES string of the molecule is C1CCN2C3CCC(CC3)C2C1. The van der Waals surface area contributed by atoms with E-state index in [2.05, 4.69) is 4.90 Å². The van der Waals surface area contributed by atoms with E-state index in [1.54, 1.807) is 12.8 Å². The summed E-state index contributed by atoms with van der Waals surface area (Å²) in [5.74, 6) is 1.09. The van der Waals surface area contributed by atoms with Crippen molar-refractivity contribution < 1.29 is 0 Å². The van der Waals surface area contributed by atoms with Crippen molar-refractivity contribution in [3.63, 3.8) is 0 Å². The molecule has 0 aromatic rings. The van der Waals surface area contributed by atoms with Gasteiger partial charge in [-0.15, -0.1) is 0 Å². The summed E-state index contributed by atoms with van der Waals surface area (Å²) in [4.78, 5) is 2.85. The van der Waals surface area contributed by atoms with Gasteiger partial charge in [-0.05, 0) is 51.0 Å². The van der Waals surface area contributed by atoms with Crippen molar-refractivity contribution in [2.75, 3.05) is 6.54 Å². The summed E-state index contributed by atoms with van der Waals surface area (Å²) in [6.07, 6.45) is 10.6. The first-order valence-corrected chi connectivity index (χ1v) is 5.71. The monoisotopic (exact) mass is 165 g/mol. The fourth-order valence-electron chi connectivity index (χ4n) is 3.76. The number of rotatable bonds is 0. The van der Waals surface area contributed by atoms with Crippen molar-refractivity contribution in [3.8, 4) is 0 Å².